The van der Waals surface area contributed by atoms with Gasteiger partial charge in [-0.2, -0.15) is 0 Å². The Hall–Kier alpha value is -0.980. The summed E-state index contributed by atoms with van der Waals surface area (Å²) in [5, 5.41) is 0. The fourth-order valence-corrected chi connectivity index (χ4v) is 2.34. The second kappa shape index (κ2) is 4.26. The van der Waals surface area contributed by atoms with Crippen LogP contribution in [0.1, 0.15) is 39.5 Å². The quantitative estimate of drug-likeness (QED) is 0.661. The van der Waals surface area contributed by atoms with Gasteiger partial charge in [0.25, 0.3) is 0 Å². The van der Waals surface area contributed by atoms with Crippen LogP contribution >= 0.6 is 0 Å². The van der Waals surface area contributed by atoms with Gasteiger partial charge in [0.05, 0.1) is 0 Å². The number of hydrogen-bond donors (Lipinski definition) is 0. The monoisotopic (exact) mass is 204 g/mol. The summed E-state index contributed by atoms with van der Waals surface area (Å²) in [5.74, 6) is 1.51. The topological polar surface area (TPSA) is 9.23 Å². The standard InChI is InChI=1S/C14H20O/c1-12-7-3-4-8-13(11-12)15-14(2)9-5-6-10-14/h3-4,7-8,11-12H,5-6,9-10H2,1-2H3. The second-order valence-corrected chi connectivity index (χ2v) is 4.93. The Morgan fingerprint density at radius 2 is 2.00 bits per heavy atom. The van der Waals surface area contributed by atoms with Gasteiger partial charge in [-0.25, -0.2) is 0 Å². The minimum atomic E-state index is 0.0836. The van der Waals surface area contributed by atoms with Crippen molar-refractivity contribution < 1.29 is 4.74 Å². The molecule has 82 valence electrons. The summed E-state index contributed by atoms with van der Waals surface area (Å²) >= 11 is 0. The van der Waals surface area contributed by atoms with Gasteiger partial charge in [-0.05, 0) is 50.7 Å². The minimum Gasteiger partial charge on any atom is -0.488 e. The lowest BCUT2D eigenvalue weighted by molar-refractivity contribution is 0.0307. The van der Waals surface area contributed by atoms with Crippen molar-refractivity contribution in [3.63, 3.8) is 0 Å². The van der Waals surface area contributed by atoms with Crippen molar-refractivity contribution in [2.45, 2.75) is 45.1 Å². The third-order valence-electron chi connectivity index (χ3n) is 3.24. The Labute approximate surface area is 92.5 Å². The zero-order valence-electron chi connectivity index (χ0n) is 9.70. The van der Waals surface area contributed by atoms with E-state index in [-0.39, 0.29) is 5.60 Å². The van der Waals surface area contributed by atoms with E-state index in [2.05, 4.69) is 44.2 Å². The molecular weight excluding hydrogens is 184 g/mol. The molecule has 1 atom stereocenters. The smallest absolute Gasteiger partial charge is 0.116 e. The van der Waals surface area contributed by atoms with Crippen LogP contribution < -0.4 is 0 Å². The summed E-state index contributed by atoms with van der Waals surface area (Å²) < 4.78 is 6.12. The molecular formula is C14H20O. The van der Waals surface area contributed by atoms with Crippen molar-refractivity contribution in [2.75, 3.05) is 0 Å². The lowest BCUT2D eigenvalue weighted by Crippen LogP contribution is -2.23. The van der Waals surface area contributed by atoms with Gasteiger partial charge in [0, 0.05) is 0 Å². The Morgan fingerprint density at radius 3 is 2.73 bits per heavy atom. The Balaban J connectivity index is 2.05. The predicted octanol–water partition coefficient (Wildman–Crippen LogP) is 3.98. The maximum absolute atomic E-state index is 6.12. The van der Waals surface area contributed by atoms with E-state index in [9.17, 15) is 0 Å². The summed E-state index contributed by atoms with van der Waals surface area (Å²) in [6, 6.07) is 0. The van der Waals surface area contributed by atoms with Crippen molar-refractivity contribution in [1.29, 1.82) is 0 Å². The van der Waals surface area contributed by atoms with Gasteiger partial charge in [0.2, 0.25) is 0 Å². The highest BCUT2D eigenvalue weighted by Crippen LogP contribution is 2.35. The van der Waals surface area contributed by atoms with Crippen LogP contribution in [0, 0.1) is 5.92 Å². The summed E-state index contributed by atoms with van der Waals surface area (Å²) in [7, 11) is 0. The molecule has 0 aromatic carbocycles. The van der Waals surface area contributed by atoms with Gasteiger partial charge in [0.15, 0.2) is 0 Å². The van der Waals surface area contributed by atoms with E-state index in [1.807, 2.05) is 0 Å². The SMILES string of the molecule is CC1C=CC=CC(OC2(C)CCCC2)=C1. The normalized spacial score (nSPS) is 28.7. The largest absolute Gasteiger partial charge is 0.488 e. The fraction of sp³-hybridized carbons (Fsp3) is 0.571. The molecule has 0 bridgehead atoms. The summed E-state index contributed by atoms with van der Waals surface area (Å²) in [6.45, 7) is 4.42. The summed E-state index contributed by atoms with van der Waals surface area (Å²) in [5.41, 5.74) is 0.0836. The van der Waals surface area contributed by atoms with Gasteiger partial charge in [-0.1, -0.05) is 25.2 Å². The van der Waals surface area contributed by atoms with Crippen LogP contribution in [0.5, 0.6) is 0 Å². The van der Waals surface area contributed by atoms with Crippen LogP contribution in [0.3, 0.4) is 0 Å². The molecule has 1 unspecified atom stereocenters. The molecule has 2 aliphatic carbocycles. The van der Waals surface area contributed by atoms with Gasteiger partial charge < -0.3 is 4.74 Å². The molecule has 1 saturated carbocycles. The van der Waals surface area contributed by atoms with Gasteiger partial charge >= 0.3 is 0 Å². The van der Waals surface area contributed by atoms with Crippen LogP contribution in [0.2, 0.25) is 0 Å². The zero-order valence-corrected chi connectivity index (χ0v) is 9.70. The number of ether oxygens (including phenoxy) is 1. The van der Waals surface area contributed by atoms with Crippen LogP contribution in [0.15, 0.2) is 36.1 Å². The second-order valence-electron chi connectivity index (χ2n) is 4.93. The van der Waals surface area contributed by atoms with Crippen molar-refractivity contribution in [1.82, 2.24) is 0 Å². The van der Waals surface area contributed by atoms with Crippen LogP contribution in [0.4, 0.5) is 0 Å². The number of hydrogen-bond acceptors (Lipinski definition) is 1. The molecule has 1 heteroatoms. The van der Waals surface area contributed by atoms with E-state index in [0.29, 0.717) is 5.92 Å². The van der Waals surface area contributed by atoms with Crippen molar-refractivity contribution in [2.24, 2.45) is 5.92 Å². The van der Waals surface area contributed by atoms with Crippen molar-refractivity contribution in [3.8, 4) is 0 Å². The Kier molecular flexibility index (Phi) is 2.99. The maximum Gasteiger partial charge on any atom is 0.116 e. The Bertz CT molecular complexity index is 303. The first-order valence-electron chi connectivity index (χ1n) is 5.94. The predicted molar refractivity (Wildman–Crippen MR) is 63.5 cm³/mol. The van der Waals surface area contributed by atoms with E-state index in [1.165, 1.54) is 25.7 Å². The third kappa shape index (κ3) is 2.74. The average molecular weight is 204 g/mol. The van der Waals surface area contributed by atoms with Crippen LogP contribution in [-0.2, 0) is 4.74 Å². The molecule has 0 spiro atoms. The molecule has 0 radical (unpaired) electrons. The first kappa shape index (κ1) is 10.5. The van der Waals surface area contributed by atoms with Gasteiger partial charge in [-0.15, -0.1) is 0 Å². The average Bonchev–Trinajstić information content (AvgIpc) is 2.49. The molecule has 0 amide bonds. The summed E-state index contributed by atoms with van der Waals surface area (Å²) in [6.07, 6.45) is 15.6. The fourth-order valence-electron chi connectivity index (χ4n) is 2.34. The number of allylic oxidation sites excluding steroid dienone is 5. The van der Waals surface area contributed by atoms with Crippen LogP contribution in [-0.4, -0.2) is 5.60 Å². The minimum absolute atomic E-state index is 0.0836. The first-order valence-corrected chi connectivity index (χ1v) is 5.94. The highest BCUT2D eigenvalue weighted by Gasteiger charge is 2.30. The lowest BCUT2D eigenvalue weighted by Gasteiger charge is -2.26. The highest BCUT2D eigenvalue weighted by atomic mass is 16.5. The maximum atomic E-state index is 6.12. The van der Waals surface area contributed by atoms with Gasteiger partial charge in [-0.3, -0.25) is 0 Å². The lowest BCUT2D eigenvalue weighted by atomic mass is 10.1. The van der Waals surface area contributed by atoms with Crippen molar-refractivity contribution >= 4 is 0 Å². The number of rotatable bonds is 2. The molecule has 0 N–H and O–H groups in total. The Morgan fingerprint density at radius 1 is 1.27 bits per heavy atom. The molecule has 1 fully saturated rings. The zero-order chi connectivity index (χ0) is 10.7. The molecule has 2 aliphatic rings. The molecule has 2 rings (SSSR count). The van der Waals surface area contributed by atoms with E-state index in [4.69, 9.17) is 4.74 Å². The van der Waals surface area contributed by atoms with Gasteiger partial charge in [0.1, 0.15) is 11.4 Å². The first-order chi connectivity index (χ1) is 7.18. The van der Waals surface area contributed by atoms with E-state index >= 15 is 0 Å². The summed E-state index contributed by atoms with van der Waals surface area (Å²) in [4.78, 5) is 0. The molecule has 0 aromatic rings. The molecule has 0 saturated heterocycles. The van der Waals surface area contributed by atoms with E-state index in [0.717, 1.165) is 5.76 Å². The molecule has 0 heterocycles. The molecule has 15 heavy (non-hydrogen) atoms. The molecule has 0 aromatic heterocycles. The van der Waals surface area contributed by atoms with E-state index in [1.54, 1.807) is 0 Å². The van der Waals surface area contributed by atoms with Crippen LogP contribution in [0.25, 0.3) is 0 Å². The molecule has 1 nitrogen and oxygen atoms in total. The molecule has 0 aliphatic heterocycles. The van der Waals surface area contributed by atoms with Crippen molar-refractivity contribution in [3.05, 3.63) is 36.1 Å². The third-order valence-corrected chi connectivity index (χ3v) is 3.24. The van der Waals surface area contributed by atoms with E-state index < -0.39 is 0 Å². The highest BCUT2D eigenvalue weighted by molar-refractivity contribution is 5.24.